The van der Waals surface area contributed by atoms with Gasteiger partial charge in [-0.3, -0.25) is 20.4 Å². The summed E-state index contributed by atoms with van der Waals surface area (Å²) >= 11 is 1.40. The topological polar surface area (TPSA) is 78.4 Å². The van der Waals surface area contributed by atoms with Gasteiger partial charge in [-0.15, -0.1) is 11.8 Å². The van der Waals surface area contributed by atoms with E-state index in [0.717, 1.165) is 15.7 Å². The molecule has 6 heteroatoms. The minimum absolute atomic E-state index is 0.0763. The number of rotatable bonds is 4. The fraction of sp³-hybridized carbons (Fsp3) is 0.0526. The van der Waals surface area contributed by atoms with Crippen LogP contribution in [0.3, 0.4) is 0 Å². The molecular weight excluding hydrogens is 336 g/mol. The molecular formula is C19H16N2O3S. The molecule has 0 radical (unpaired) electrons. The minimum Gasteiger partial charge on any atom is -0.508 e. The number of nitrogens with one attached hydrogen (secondary N) is 2. The molecule has 0 aliphatic heterocycles. The lowest BCUT2D eigenvalue weighted by Gasteiger charge is -2.08. The van der Waals surface area contributed by atoms with Gasteiger partial charge in [0.1, 0.15) is 5.75 Å². The molecule has 2 amide bonds. The van der Waals surface area contributed by atoms with Crippen LogP contribution < -0.4 is 10.9 Å². The molecule has 0 aliphatic carbocycles. The van der Waals surface area contributed by atoms with Gasteiger partial charge in [0.2, 0.25) is 5.91 Å². The Balaban J connectivity index is 1.50. The lowest BCUT2D eigenvalue weighted by Crippen LogP contribution is -2.42. The summed E-state index contributed by atoms with van der Waals surface area (Å²) in [5, 5.41) is 11.5. The first kappa shape index (κ1) is 16.9. The summed E-state index contributed by atoms with van der Waals surface area (Å²) in [7, 11) is 0. The molecule has 25 heavy (non-hydrogen) atoms. The van der Waals surface area contributed by atoms with Gasteiger partial charge in [-0.2, -0.15) is 0 Å². The van der Waals surface area contributed by atoms with Gasteiger partial charge in [-0.05, 0) is 47.2 Å². The maximum absolute atomic E-state index is 11.9. The Labute approximate surface area is 149 Å². The first-order chi connectivity index (χ1) is 12.1. The van der Waals surface area contributed by atoms with Gasteiger partial charge in [0.25, 0.3) is 5.91 Å². The van der Waals surface area contributed by atoms with E-state index in [1.165, 1.54) is 36.0 Å². The van der Waals surface area contributed by atoms with Crippen molar-refractivity contribution >= 4 is 34.3 Å². The van der Waals surface area contributed by atoms with Crippen LogP contribution in [0.15, 0.2) is 71.6 Å². The first-order valence-electron chi connectivity index (χ1n) is 7.61. The Morgan fingerprint density at radius 3 is 2.36 bits per heavy atom. The average molecular weight is 352 g/mol. The summed E-state index contributed by atoms with van der Waals surface area (Å²) in [6.07, 6.45) is 0. The van der Waals surface area contributed by atoms with Gasteiger partial charge in [0.15, 0.2) is 0 Å². The maximum atomic E-state index is 11.9. The van der Waals surface area contributed by atoms with Gasteiger partial charge in [0, 0.05) is 10.5 Å². The number of hydrogen-bond donors (Lipinski definition) is 3. The zero-order valence-corrected chi connectivity index (χ0v) is 14.0. The fourth-order valence-corrected chi connectivity index (χ4v) is 3.00. The number of thioether (sulfide) groups is 1. The lowest BCUT2D eigenvalue weighted by atomic mass is 10.1. The predicted octanol–water partition coefficient (Wildman–Crippen LogP) is 3.10. The SMILES string of the molecule is O=C(CSc1ccc2ccccc2c1)NNC(=O)c1ccc(O)cc1. The van der Waals surface area contributed by atoms with Crippen molar-refractivity contribution in [3.05, 3.63) is 72.3 Å². The summed E-state index contributed by atoms with van der Waals surface area (Å²) < 4.78 is 0. The second kappa shape index (κ2) is 7.72. The van der Waals surface area contributed by atoms with Crippen LogP contribution in [0.5, 0.6) is 5.75 Å². The number of carbonyl (C=O) groups excluding carboxylic acids is 2. The van der Waals surface area contributed by atoms with E-state index in [2.05, 4.69) is 10.9 Å². The third-order valence-corrected chi connectivity index (χ3v) is 4.53. The second-order valence-corrected chi connectivity index (χ2v) is 6.40. The Hall–Kier alpha value is -2.99. The number of phenolic OH excluding ortho intramolecular Hbond substituents is 1. The summed E-state index contributed by atoms with van der Waals surface area (Å²) in [4.78, 5) is 24.7. The number of hydrazine groups is 1. The second-order valence-electron chi connectivity index (χ2n) is 5.35. The Bertz CT molecular complexity index is 910. The lowest BCUT2D eigenvalue weighted by molar-refractivity contribution is -0.119. The highest BCUT2D eigenvalue weighted by atomic mass is 32.2. The molecule has 0 unspecified atom stereocenters. The van der Waals surface area contributed by atoms with Crippen molar-refractivity contribution < 1.29 is 14.7 Å². The number of phenols is 1. The average Bonchev–Trinajstić information content (AvgIpc) is 2.65. The van der Waals surface area contributed by atoms with Gasteiger partial charge in [0.05, 0.1) is 5.75 Å². The van der Waals surface area contributed by atoms with Crippen molar-refractivity contribution in [2.45, 2.75) is 4.90 Å². The number of fused-ring (bicyclic) bond motifs is 1. The summed E-state index contributed by atoms with van der Waals surface area (Å²) in [6.45, 7) is 0. The van der Waals surface area contributed by atoms with Crippen LogP contribution in [0, 0.1) is 0 Å². The first-order valence-corrected chi connectivity index (χ1v) is 8.60. The number of hydrogen-bond acceptors (Lipinski definition) is 4. The number of aromatic hydroxyl groups is 1. The fourth-order valence-electron chi connectivity index (χ4n) is 2.25. The van der Waals surface area contributed by atoms with Crippen molar-refractivity contribution in [2.75, 3.05) is 5.75 Å². The van der Waals surface area contributed by atoms with Crippen LogP contribution in [0.1, 0.15) is 10.4 Å². The standard InChI is InChI=1S/C19H16N2O3S/c22-16-8-5-14(6-9-16)19(24)21-20-18(23)12-25-17-10-7-13-3-1-2-4-15(13)11-17/h1-11,22H,12H2,(H,20,23)(H,21,24). The van der Waals surface area contributed by atoms with Crippen molar-refractivity contribution in [1.82, 2.24) is 10.9 Å². The summed E-state index contributed by atoms with van der Waals surface area (Å²) in [5.74, 6) is -0.476. The molecule has 5 nitrogen and oxygen atoms in total. The number of amides is 2. The van der Waals surface area contributed by atoms with E-state index >= 15 is 0 Å². The van der Waals surface area contributed by atoms with Crippen LogP contribution in [0.4, 0.5) is 0 Å². The molecule has 0 heterocycles. The smallest absolute Gasteiger partial charge is 0.269 e. The Morgan fingerprint density at radius 2 is 1.60 bits per heavy atom. The molecule has 3 N–H and O–H groups in total. The molecule has 3 aromatic rings. The number of carbonyl (C=O) groups is 2. The van der Waals surface area contributed by atoms with E-state index in [1.54, 1.807) is 0 Å². The van der Waals surface area contributed by atoms with Crippen molar-refractivity contribution in [3.8, 4) is 5.75 Å². The molecule has 0 bridgehead atoms. The molecule has 0 spiro atoms. The summed E-state index contributed by atoms with van der Waals surface area (Å²) in [5.41, 5.74) is 5.08. The van der Waals surface area contributed by atoms with E-state index in [4.69, 9.17) is 0 Å². The van der Waals surface area contributed by atoms with E-state index < -0.39 is 5.91 Å². The minimum atomic E-state index is -0.441. The molecule has 126 valence electrons. The quantitative estimate of drug-likeness (QED) is 0.498. The maximum Gasteiger partial charge on any atom is 0.269 e. The zero-order chi connectivity index (χ0) is 17.6. The predicted molar refractivity (Wildman–Crippen MR) is 98.4 cm³/mol. The number of benzene rings is 3. The van der Waals surface area contributed by atoms with Crippen LogP contribution in [0.25, 0.3) is 10.8 Å². The van der Waals surface area contributed by atoms with Crippen LogP contribution >= 0.6 is 11.8 Å². The molecule has 0 fully saturated rings. The van der Waals surface area contributed by atoms with Gasteiger partial charge >= 0.3 is 0 Å². The Kier molecular flexibility index (Phi) is 5.20. The monoisotopic (exact) mass is 352 g/mol. The molecule has 0 aliphatic rings. The van der Waals surface area contributed by atoms with E-state index in [0.29, 0.717) is 5.56 Å². The highest BCUT2D eigenvalue weighted by molar-refractivity contribution is 8.00. The van der Waals surface area contributed by atoms with Crippen molar-refractivity contribution in [1.29, 1.82) is 0 Å². The third-order valence-electron chi connectivity index (χ3n) is 3.54. The van der Waals surface area contributed by atoms with Crippen molar-refractivity contribution in [2.24, 2.45) is 0 Å². The molecule has 0 aromatic heterocycles. The zero-order valence-electron chi connectivity index (χ0n) is 13.2. The van der Waals surface area contributed by atoms with Crippen LogP contribution in [0.2, 0.25) is 0 Å². The van der Waals surface area contributed by atoms with Gasteiger partial charge in [-0.25, -0.2) is 0 Å². The Morgan fingerprint density at radius 1 is 0.880 bits per heavy atom. The van der Waals surface area contributed by atoms with Crippen LogP contribution in [-0.2, 0) is 4.79 Å². The molecule has 0 saturated heterocycles. The normalized spacial score (nSPS) is 10.4. The molecule has 0 saturated carbocycles. The molecule has 0 atom stereocenters. The van der Waals surface area contributed by atoms with Crippen LogP contribution in [-0.4, -0.2) is 22.7 Å². The molecule has 3 rings (SSSR count). The van der Waals surface area contributed by atoms with Crippen molar-refractivity contribution in [3.63, 3.8) is 0 Å². The molecule has 3 aromatic carbocycles. The van der Waals surface area contributed by atoms with Gasteiger partial charge < -0.3 is 5.11 Å². The van der Waals surface area contributed by atoms with Gasteiger partial charge in [-0.1, -0.05) is 30.3 Å². The highest BCUT2D eigenvalue weighted by Gasteiger charge is 2.08. The van der Waals surface area contributed by atoms with E-state index in [1.807, 2.05) is 42.5 Å². The van der Waals surface area contributed by atoms with E-state index in [-0.39, 0.29) is 17.4 Å². The van der Waals surface area contributed by atoms with E-state index in [9.17, 15) is 14.7 Å². The largest absolute Gasteiger partial charge is 0.508 e. The highest BCUT2D eigenvalue weighted by Crippen LogP contribution is 2.23. The summed E-state index contributed by atoms with van der Waals surface area (Å²) in [6, 6.07) is 19.8. The third kappa shape index (κ3) is 4.51.